The SMILES string of the molecule is C[C@@]12CC[C@@H]3c4ccc(O)cc4CC[C@H]3[C@H]1CC[C@H]2O. The van der Waals surface area contributed by atoms with Crippen LogP contribution in [0, 0.1) is 17.3 Å². The van der Waals surface area contributed by atoms with Crippen LogP contribution in [0.2, 0.25) is 0 Å². The van der Waals surface area contributed by atoms with E-state index in [1.54, 1.807) is 0 Å². The first kappa shape index (κ1) is 12.7. The van der Waals surface area contributed by atoms with Crippen molar-refractivity contribution in [2.75, 3.05) is 0 Å². The highest BCUT2D eigenvalue weighted by Crippen LogP contribution is 2.60. The summed E-state index contributed by atoms with van der Waals surface area (Å²) in [6, 6.07) is 5.96. The van der Waals surface area contributed by atoms with Gasteiger partial charge in [-0.25, -0.2) is 0 Å². The predicted molar refractivity (Wildman–Crippen MR) is 78.7 cm³/mol. The highest BCUT2D eigenvalue weighted by Gasteiger charge is 2.54. The van der Waals surface area contributed by atoms with Crippen LogP contribution in [0.25, 0.3) is 0 Å². The van der Waals surface area contributed by atoms with E-state index in [2.05, 4.69) is 13.0 Å². The second-order valence-corrected chi connectivity index (χ2v) is 7.44. The number of benzene rings is 1. The van der Waals surface area contributed by atoms with Crippen molar-refractivity contribution in [3.63, 3.8) is 0 Å². The molecule has 0 saturated heterocycles. The van der Waals surface area contributed by atoms with Crippen molar-refractivity contribution in [2.24, 2.45) is 17.3 Å². The molecule has 20 heavy (non-hydrogen) atoms. The van der Waals surface area contributed by atoms with Crippen molar-refractivity contribution in [1.82, 2.24) is 0 Å². The van der Waals surface area contributed by atoms with Crippen molar-refractivity contribution in [3.8, 4) is 5.75 Å². The molecule has 0 aromatic heterocycles. The number of fused-ring (bicyclic) bond motifs is 5. The summed E-state index contributed by atoms with van der Waals surface area (Å²) < 4.78 is 0. The van der Waals surface area contributed by atoms with Gasteiger partial charge in [-0.15, -0.1) is 0 Å². The zero-order valence-corrected chi connectivity index (χ0v) is 12.2. The lowest BCUT2D eigenvalue weighted by Gasteiger charge is -2.50. The number of phenolic OH excluding ortho intramolecular Hbond substituents is 1. The van der Waals surface area contributed by atoms with Crippen LogP contribution >= 0.6 is 0 Å². The average molecular weight is 272 g/mol. The van der Waals surface area contributed by atoms with Crippen LogP contribution in [-0.4, -0.2) is 16.3 Å². The molecule has 0 aliphatic heterocycles. The molecular formula is C18H24O2. The molecule has 1 aromatic rings. The fourth-order valence-corrected chi connectivity index (χ4v) is 5.54. The lowest BCUT2D eigenvalue weighted by Crippen LogP contribution is -2.43. The van der Waals surface area contributed by atoms with Crippen LogP contribution in [0.1, 0.15) is 56.1 Å². The van der Waals surface area contributed by atoms with Gasteiger partial charge in [0.15, 0.2) is 0 Å². The number of aliphatic hydroxyl groups excluding tert-OH is 1. The first-order valence-corrected chi connectivity index (χ1v) is 8.09. The summed E-state index contributed by atoms with van der Waals surface area (Å²) in [6.45, 7) is 2.32. The molecule has 0 bridgehead atoms. The van der Waals surface area contributed by atoms with E-state index in [1.165, 1.54) is 30.4 Å². The molecule has 0 amide bonds. The van der Waals surface area contributed by atoms with Crippen molar-refractivity contribution in [1.29, 1.82) is 0 Å². The topological polar surface area (TPSA) is 40.5 Å². The third-order valence-electron chi connectivity index (χ3n) is 6.66. The Morgan fingerprint density at radius 3 is 2.85 bits per heavy atom. The Kier molecular flexibility index (Phi) is 2.69. The predicted octanol–water partition coefficient (Wildman–Crippen LogP) is 3.61. The van der Waals surface area contributed by atoms with Gasteiger partial charge in [0.25, 0.3) is 0 Å². The van der Waals surface area contributed by atoms with Gasteiger partial charge in [-0.05, 0) is 85.0 Å². The zero-order chi connectivity index (χ0) is 13.9. The zero-order valence-electron chi connectivity index (χ0n) is 12.2. The first-order valence-electron chi connectivity index (χ1n) is 8.09. The van der Waals surface area contributed by atoms with Crippen LogP contribution in [0.5, 0.6) is 5.75 Å². The summed E-state index contributed by atoms with van der Waals surface area (Å²) >= 11 is 0. The van der Waals surface area contributed by atoms with Gasteiger partial charge >= 0.3 is 0 Å². The molecule has 0 radical (unpaired) electrons. The lowest BCUT2D eigenvalue weighted by molar-refractivity contribution is -0.0226. The smallest absolute Gasteiger partial charge is 0.115 e. The fraction of sp³-hybridized carbons (Fsp3) is 0.667. The van der Waals surface area contributed by atoms with Crippen LogP contribution in [0.3, 0.4) is 0 Å². The molecule has 2 heteroatoms. The van der Waals surface area contributed by atoms with Gasteiger partial charge < -0.3 is 10.2 Å². The minimum absolute atomic E-state index is 0.0883. The number of hydrogen-bond donors (Lipinski definition) is 2. The van der Waals surface area contributed by atoms with E-state index >= 15 is 0 Å². The average Bonchev–Trinajstić information content (AvgIpc) is 2.74. The van der Waals surface area contributed by atoms with Crippen molar-refractivity contribution < 1.29 is 10.2 Å². The Morgan fingerprint density at radius 1 is 1.15 bits per heavy atom. The highest BCUT2D eigenvalue weighted by atomic mass is 16.3. The maximum absolute atomic E-state index is 10.4. The Bertz CT molecular complexity index is 538. The van der Waals surface area contributed by atoms with Crippen molar-refractivity contribution >= 4 is 0 Å². The van der Waals surface area contributed by atoms with E-state index in [0.717, 1.165) is 25.2 Å². The molecule has 0 heterocycles. The summed E-state index contributed by atoms with van der Waals surface area (Å²) in [7, 11) is 0. The standard InChI is InChI=1S/C18H24O2/c1-18-9-8-14-13-5-3-12(19)10-11(13)2-4-15(14)16(18)6-7-17(18)20/h3,5,10,14-17,19-20H,2,4,6-9H2,1H3/t14-,15-,16-,17-,18-/m1/s1. The van der Waals surface area contributed by atoms with Crippen molar-refractivity contribution in [3.05, 3.63) is 29.3 Å². The molecular weight excluding hydrogens is 248 g/mol. The summed E-state index contributed by atoms with van der Waals surface area (Å²) in [4.78, 5) is 0. The lowest BCUT2D eigenvalue weighted by atomic mass is 9.55. The molecule has 2 nitrogen and oxygen atoms in total. The van der Waals surface area contributed by atoms with Gasteiger partial charge in [0.2, 0.25) is 0 Å². The third-order valence-corrected chi connectivity index (χ3v) is 6.66. The van der Waals surface area contributed by atoms with E-state index in [4.69, 9.17) is 0 Å². The number of hydrogen-bond acceptors (Lipinski definition) is 2. The van der Waals surface area contributed by atoms with Gasteiger partial charge in [0.05, 0.1) is 6.10 Å². The van der Waals surface area contributed by atoms with Gasteiger partial charge in [-0.1, -0.05) is 13.0 Å². The summed E-state index contributed by atoms with van der Waals surface area (Å²) in [5, 5.41) is 20.0. The monoisotopic (exact) mass is 272 g/mol. The molecule has 4 rings (SSSR count). The Morgan fingerprint density at radius 2 is 2.00 bits per heavy atom. The van der Waals surface area contributed by atoms with Gasteiger partial charge in [0, 0.05) is 0 Å². The molecule has 108 valence electrons. The number of aliphatic hydroxyl groups is 1. The summed E-state index contributed by atoms with van der Waals surface area (Å²) in [5.74, 6) is 2.49. The minimum atomic E-state index is -0.0883. The van der Waals surface area contributed by atoms with Crippen LogP contribution in [-0.2, 0) is 6.42 Å². The Balaban J connectivity index is 1.71. The largest absolute Gasteiger partial charge is 0.508 e. The Hall–Kier alpha value is -1.02. The molecule has 2 saturated carbocycles. The molecule has 3 aliphatic carbocycles. The fourth-order valence-electron chi connectivity index (χ4n) is 5.54. The van der Waals surface area contributed by atoms with E-state index in [1.807, 2.05) is 12.1 Å². The second kappa shape index (κ2) is 4.24. The maximum atomic E-state index is 10.4. The first-order chi connectivity index (χ1) is 9.59. The summed E-state index contributed by atoms with van der Waals surface area (Å²) in [5.41, 5.74) is 2.99. The molecule has 0 spiro atoms. The maximum Gasteiger partial charge on any atom is 0.115 e. The number of phenols is 1. The molecule has 3 aliphatic rings. The molecule has 1 aromatic carbocycles. The van der Waals surface area contributed by atoms with Crippen LogP contribution in [0.15, 0.2) is 18.2 Å². The van der Waals surface area contributed by atoms with Crippen LogP contribution < -0.4 is 0 Å². The number of rotatable bonds is 0. The van der Waals surface area contributed by atoms with E-state index in [0.29, 0.717) is 17.6 Å². The normalized spacial score (nSPS) is 42.7. The van der Waals surface area contributed by atoms with Gasteiger partial charge in [0.1, 0.15) is 5.75 Å². The number of aromatic hydroxyl groups is 1. The Labute approximate surface area is 120 Å². The van der Waals surface area contributed by atoms with E-state index < -0.39 is 0 Å². The minimum Gasteiger partial charge on any atom is -0.508 e. The number of aryl methyl sites for hydroxylation is 1. The second-order valence-electron chi connectivity index (χ2n) is 7.44. The van der Waals surface area contributed by atoms with Gasteiger partial charge in [-0.2, -0.15) is 0 Å². The highest BCUT2D eigenvalue weighted by molar-refractivity contribution is 5.40. The van der Waals surface area contributed by atoms with Crippen LogP contribution in [0.4, 0.5) is 0 Å². The van der Waals surface area contributed by atoms with Crippen molar-refractivity contribution in [2.45, 2.75) is 57.5 Å². The molecule has 0 unspecified atom stereocenters. The van der Waals surface area contributed by atoms with E-state index in [9.17, 15) is 10.2 Å². The van der Waals surface area contributed by atoms with Gasteiger partial charge in [-0.3, -0.25) is 0 Å². The van der Waals surface area contributed by atoms with E-state index in [-0.39, 0.29) is 11.5 Å². The molecule has 5 atom stereocenters. The third kappa shape index (κ3) is 1.60. The molecule has 2 N–H and O–H groups in total. The molecule has 2 fully saturated rings. The quantitative estimate of drug-likeness (QED) is 0.757. The summed E-state index contributed by atoms with van der Waals surface area (Å²) in [6.07, 6.45) is 6.78.